The molecule has 1 N–H and O–H groups in total. The van der Waals surface area contributed by atoms with Gasteiger partial charge in [-0.15, -0.1) is 5.10 Å². The number of hydrogen-bond donors (Lipinski definition) is 1. The van der Waals surface area contributed by atoms with Crippen molar-refractivity contribution in [1.29, 1.82) is 0 Å². The van der Waals surface area contributed by atoms with Crippen molar-refractivity contribution in [2.45, 2.75) is 0 Å². The van der Waals surface area contributed by atoms with Crippen LogP contribution in [0.5, 0.6) is 11.6 Å². The number of benzene rings is 1. The van der Waals surface area contributed by atoms with Crippen LogP contribution in [0.25, 0.3) is 21.9 Å². The van der Waals surface area contributed by atoms with Gasteiger partial charge in [-0.25, -0.2) is 14.6 Å². The van der Waals surface area contributed by atoms with E-state index in [1.165, 1.54) is 6.33 Å². The van der Waals surface area contributed by atoms with E-state index in [1.54, 1.807) is 10.9 Å². The van der Waals surface area contributed by atoms with Crippen LogP contribution in [0.3, 0.4) is 0 Å². The molecule has 0 bridgehead atoms. The van der Waals surface area contributed by atoms with Gasteiger partial charge in [0.2, 0.25) is 5.88 Å². The number of fused-ring (bicyclic) bond motifs is 2. The molecule has 0 atom stereocenters. The summed E-state index contributed by atoms with van der Waals surface area (Å²) in [6, 6.07) is 7.85. The normalized spacial score (nSPS) is 11.2. The lowest BCUT2D eigenvalue weighted by molar-refractivity contribution is 0.459. The smallest absolute Gasteiger partial charge is 0.249 e. The topological polar surface area (TPSA) is 68.6 Å². The van der Waals surface area contributed by atoms with Crippen molar-refractivity contribution in [2.24, 2.45) is 7.05 Å². The highest BCUT2D eigenvalue weighted by Gasteiger charge is 2.11. The molecule has 98 valence electrons. The number of H-pyrrole nitrogens is 1. The number of aromatic nitrogens is 5. The van der Waals surface area contributed by atoms with Gasteiger partial charge in [0.25, 0.3) is 0 Å². The Kier molecular flexibility index (Phi) is 2.23. The van der Waals surface area contributed by atoms with Crippen molar-refractivity contribution in [3.8, 4) is 11.6 Å². The third-order valence-electron chi connectivity index (χ3n) is 3.21. The van der Waals surface area contributed by atoms with Gasteiger partial charge in [-0.05, 0) is 24.3 Å². The summed E-state index contributed by atoms with van der Waals surface area (Å²) < 4.78 is 7.55. The van der Waals surface area contributed by atoms with Crippen molar-refractivity contribution in [3.63, 3.8) is 0 Å². The average Bonchev–Trinajstić information content (AvgIpc) is 3.05. The third kappa shape index (κ3) is 1.62. The van der Waals surface area contributed by atoms with Gasteiger partial charge in [0.1, 0.15) is 17.5 Å². The maximum atomic E-state index is 5.86. The molecule has 0 radical (unpaired) electrons. The van der Waals surface area contributed by atoms with Crippen LogP contribution < -0.4 is 4.74 Å². The van der Waals surface area contributed by atoms with E-state index in [0.29, 0.717) is 5.88 Å². The first kappa shape index (κ1) is 11.0. The number of nitrogens with zero attached hydrogens (tertiary/aromatic N) is 4. The molecule has 6 heteroatoms. The summed E-state index contributed by atoms with van der Waals surface area (Å²) >= 11 is 0. The number of aromatic amines is 1. The van der Waals surface area contributed by atoms with E-state index in [4.69, 9.17) is 4.74 Å². The van der Waals surface area contributed by atoms with E-state index in [2.05, 4.69) is 20.1 Å². The molecule has 20 heavy (non-hydrogen) atoms. The summed E-state index contributed by atoms with van der Waals surface area (Å²) in [7, 11) is 1.83. The van der Waals surface area contributed by atoms with Gasteiger partial charge in [-0.2, -0.15) is 0 Å². The molecule has 6 nitrogen and oxygen atoms in total. The van der Waals surface area contributed by atoms with Gasteiger partial charge in [-0.1, -0.05) is 0 Å². The van der Waals surface area contributed by atoms with Gasteiger partial charge in [0, 0.05) is 30.3 Å². The Balaban J connectivity index is 1.80. The van der Waals surface area contributed by atoms with Gasteiger partial charge in [0.05, 0.1) is 0 Å². The first-order valence-corrected chi connectivity index (χ1v) is 6.19. The van der Waals surface area contributed by atoms with E-state index >= 15 is 0 Å². The SMILES string of the molecule is Cn1nc(Oc2ccc3[nH]ccc3c2)c2cncnc21. The molecule has 3 aromatic heterocycles. The molecule has 0 saturated carbocycles. The van der Waals surface area contributed by atoms with Crippen molar-refractivity contribution in [3.05, 3.63) is 43.0 Å². The fraction of sp³-hybridized carbons (Fsp3) is 0.0714. The molecule has 0 spiro atoms. The summed E-state index contributed by atoms with van der Waals surface area (Å²) in [5, 5.41) is 6.23. The molecule has 4 rings (SSSR count). The lowest BCUT2D eigenvalue weighted by atomic mass is 10.2. The largest absolute Gasteiger partial charge is 0.437 e. The lowest BCUT2D eigenvalue weighted by Crippen LogP contribution is -1.92. The molecule has 1 aromatic carbocycles. The number of rotatable bonds is 2. The maximum absolute atomic E-state index is 5.86. The summed E-state index contributed by atoms with van der Waals surface area (Å²) in [5.41, 5.74) is 1.82. The van der Waals surface area contributed by atoms with E-state index in [1.807, 2.05) is 37.5 Å². The predicted molar refractivity (Wildman–Crippen MR) is 74.7 cm³/mol. The van der Waals surface area contributed by atoms with Crippen molar-refractivity contribution in [2.75, 3.05) is 0 Å². The minimum Gasteiger partial charge on any atom is -0.437 e. The Morgan fingerprint density at radius 3 is 3.15 bits per heavy atom. The molecule has 4 aromatic rings. The van der Waals surface area contributed by atoms with E-state index in [9.17, 15) is 0 Å². The Bertz CT molecular complexity index is 908. The summed E-state index contributed by atoms with van der Waals surface area (Å²) in [6.45, 7) is 0. The Morgan fingerprint density at radius 2 is 2.20 bits per heavy atom. The summed E-state index contributed by atoms with van der Waals surface area (Å²) in [6.07, 6.45) is 5.11. The number of nitrogens with one attached hydrogen (secondary N) is 1. The Labute approximate surface area is 114 Å². The Hall–Kier alpha value is -2.89. The summed E-state index contributed by atoms with van der Waals surface area (Å²) in [4.78, 5) is 11.4. The second kappa shape index (κ2) is 4.06. The molecule has 0 aliphatic carbocycles. The highest BCUT2D eigenvalue weighted by molar-refractivity contribution is 5.82. The highest BCUT2D eigenvalue weighted by atomic mass is 16.5. The van der Waals surface area contributed by atoms with E-state index in [0.717, 1.165) is 27.7 Å². The van der Waals surface area contributed by atoms with Crippen LogP contribution in [0.4, 0.5) is 0 Å². The van der Waals surface area contributed by atoms with E-state index in [-0.39, 0.29) is 0 Å². The fourth-order valence-electron chi connectivity index (χ4n) is 2.25. The van der Waals surface area contributed by atoms with Crippen LogP contribution in [-0.2, 0) is 7.05 Å². The predicted octanol–water partition coefficient (Wildman–Crippen LogP) is 2.64. The van der Waals surface area contributed by atoms with Crippen LogP contribution in [0.15, 0.2) is 43.0 Å². The summed E-state index contributed by atoms with van der Waals surface area (Å²) in [5.74, 6) is 1.25. The number of ether oxygens (including phenoxy) is 1. The zero-order valence-electron chi connectivity index (χ0n) is 10.7. The van der Waals surface area contributed by atoms with Gasteiger partial charge < -0.3 is 9.72 Å². The number of hydrogen-bond acceptors (Lipinski definition) is 4. The molecular weight excluding hydrogens is 254 g/mol. The standard InChI is InChI=1S/C14H11N5O/c1-19-13-11(7-15-8-17-13)14(18-19)20-10-2-3-12-9(6-10)4-5-16-12/h2-8,16H,1H3. The quantitative estimate of drug-likeness (QED) is 0.605. The molecular formula is C14H11N5O. The minimum atomic E-state index is 0.512. The minimum absolute atomic E-state index is 0.512. The average molecular weight is 265 g/mol. The van der Waals surface area contributed by atoms with Crippen LogP contribution >= 0.6 is 0 Å². The van der Waals surface area contributed by atoms with Crippen LogP contribution in [0.1, 0.15) is 0 Å². The molecule has 3 heterocycles. The Morgan fingerprint density at radius 1 is 1.25 bits per heavy atom. The fourth-order valence-corrected chi connectivity index (χ4v) is 2.25. The first-order chi connectivity index (χ1) is 9.81. The van der Waals surface area contributed by atoms with Gasteiger partial charge >= 0.3 is 0 Å². The lowest BCUT2D eigenvalue weighted by Gasteiger charge is -2.02. The molecule has 0 unspecified atom stereocenters. The zero-order chi connectivity index (χ0) is 13.5. The van der Waals surface area contributed by atoms with Crippen molar-refractivity contribution >= 4 is 21.9 Å². The zero-order valence-corrected chi connectivity index (χ0v) is 10.7. The molecule has 0 amide bonds. The second-order valence-corrected chi connectivity index (χ2v) is 4.52. The van der Waals surface area contributed by atoms with E-state index < -0.39 is 0 Å². The third-order valence-corrected chi connectivity index (χ3v) is 3.21. The monoisotopic (exact) mass is 265 g/mol. The first-order valence-electron chi connectivity index (χ1n) is 6.19. The molecule has 0 saturated heterocycles. The highest BCUT2D eigenvalue weighted by Crippen LogP contribution is 2.28. The van der Waals surface area contributed by atoms with Crippen LogP contribution in [0.2, 0.25) is 0 Å². The van der Waals surface area contributed by atoms with Gasteiger partial charge in [0.15, 0.2) is 5.65 Å². The number of aryl methyl sites for hydroxylation is 1. The molecule has 0 aliphatic rings. The molecule has 0 aliphatic heterocycles. The molecule has 0 fully saturated rings. The van der Waals surface area contributed by atoms with Crippen molar-refractivity contribution in [1.82, 2.24) is 24.7 Å². The van der Waals surface area contributed by atoms with Crippen LogP contribution in [-0.4, -0.2) is 24.7 Å². The maximum Gasteiger partial charge on any atom is 0.249 e. The van der Waals surface area contributed by atoms with Crippen molar-refractivity contribution < 1.29 is 4.74 Å². The van der Waals surface area contributed by atoms with Gasteiger partial charge in [-0.3, -0.25) is 0 Å². The second-order valence-electron chi connectivity index (χ2n) is 4.52. The van der Waals surface area contributed by atoms with Crippen LogP contribution in [0, 0.1) is 0 Å².